The van der Waals surface area contributed by atoms with E-state index in [0.29, 0.717) is 16.7 Å². The highest BCUT2D eigenvalue weighted by atomic mass is 35.5. The molecule has 0 aliphatic rings. The molecule has 2 heterocycles. The Morgan fingerprint density at radius 3 is 1.09 bits per heavy atom. The van der Waals surface area contributed by atoms with E-state index in [2.05, 4.69) is 30.3 Å². The number of nitrogens with zero attached hydrogens (tertiary/aromatic N) is 4. The zero-order chi connectivity index (χ0) is 29.0. The van der Waals surface area contributed by atoms with Crippen molar-refractivity contribution in [2.45, 2.75) is 0 Å². The van der Waals surface area contributed by atoms with Crippen molar-refractivity contribution in [1.82, 2.24) is 19.9 Å². The number of halogens is 1. The van der Waals surface area contributed by atoms with Gasteiger partial charge in [-0.25, -0.2) is 19.9 Å². The average molecular weight is 573 g/mol. The van der Waals surface area contributed by atoms with Crippen LogP contribution in [0.15, 0.2) is 152 Å². The van der Waals surface area contributed by atoms with E-state index >= 15 is 0 Å². The minimum absolute atomic E-state index is 0.651. The van der Waals surface area contributed by atoms with Crippen LogP contribution in [0.5, 0.6) is 0 Å². The fourth-order valence-electron chi connectivity index (χ4n) is 5.01. The lowest BCUT2D eigenvalue weighted by Gasteiger charge is -2.12. The lowest BCUT2D eigenvalue weighted by Crippen LogP contribution is -1.97. The molecule has 4 nitrogen and oxygen atoms in total. The van der Waals surface area contributed by atoms with Gasteiger partial charge in [0.2, 0.25) is 0 Å². The van der Waals surface area contributed by atoms with Gasteiger partial charge >= 0.3 is 0 Å². The van der Waals surface area contributed by atoms with Crippen LogP contribution >= 0.6 is 11.6 Å². The zero-order valence-corrected chi connectivity index (χ0v) is 23.9. The molecule has 0 fully saturated rings. The second kappa shape index (κ2) is 11.8. The monoisotopic (exact) mass is 572 g/mol. The molecular weight excluding hydrogens is 548 g/mol. The third kappa shape index (κ3) is 5.82. The molecule has 7 aromatic rings. The van der Waals surface area contributed by atoms with E-state index in [0.717, 1.165) is 56.2 Å². The summed E-state index contributed by atoms with van der Waals surface area (Å²) in [4.78, 5) is 19.9. The van der Waals surface area contributed by atoms with Gasteiger partial charge in [0.15, 0.2) is 11.6 Å². The minimum Gasteiger partial charge on any atom is -0.228 e. The molecule has 43 heavy (non-hydrogen) atoms. The van der Waals surface area contributed by atoms with E-state index < -0.39 is 0 Å². The Labute approximate surface area is 255 Å². The lowest BCUT2D eigenvalue weighted by molar-refractivity contribution is 1.18. The molecule has 0 aliphatic heterocycles. The van der Waals surface area contributed by atoms with Gasteiger partial charge in [0.1, 0.15) is 0 Å². The van der Waals surface area contributed by atoms with Crippen molar-refractivity contribution in [2.75, 3.05) is 0 Å². The molecule has 5 aromatic carbocycles. The predicted molar refractivity (Wildman–Crippen MR) is 175 cm³/mol. The van der Waals surface area contributed by atoms with Gasteiger partial charge in [-0.3, -0.25) is 0 Å². The average Bonchev–Trinajstić information content (AvgIpc) is 3.09. The molecular formula is C38H25ClN4. The standard InChI is InChI=1S/C38H25ClN4/c39-32-21-11-20-31(23-32)36-25-35(42-38(43-36)28-16-8-3-9-17-28)30-19-10-18-29(22-30)34-24-33(26-12-4-1-5-13-26)40-37(41-34)27-14-6-2-7-15-27/h1-25H. The van der Waals surface area contributed by atoms with E-state index in [1.54, 1.807) is 0 Å². The first kappa shape index (κ1) is 26.4. The van der Waals surface area contributed by atoms with E-state index in [1.165, 1.54) is 0 Å². The van der Waals surface area contributed by atoms with Crippen LogP contribution in [0.4, 0.5) is 0 Å². The van der Waals surface area contributed by atoms with Crippen LogP contribution in [0.3, 0.4) is 0 Å². The van der Waals surface area contributed by atoms with Crippen LogP contribution in [0.25, 0.3) is 67.8 Å². The molecule has 0 unspecified atom stereocenters. The van der Waals surface area contributed by atoms with Crippen molar-refractivity contribution in [2.24, 2.45) is 0 Å². The predicted octanol–water partition coefficient (Wildman–Crippen LogP) is 9.92. The summed E-state index contributed by atoms with van der Waals surface area (Å²) in [6, 6.07) is 50.4. The molecule has 0 aliphatic carbocycles. The molecule has 0 atom stereocenters. The van der Waals surface area contributed by atoms with E-state index in [9.17, 15) is 0 Å². The molecule has 0 radical (unpaired) electrons. The minimum atomic E-state index is 0.651. The van der Waals surface area contributed by atoms with Gasteiger partial charge in [-0.2, -0.15) is 0 Å². The number of rotatable bonds is 6. The normalized spacial score (nSPS) is 10.9. The van der Waals surface area contributed by atoms with E-state index in [1.807, 2.05) is 121 Å². The maximum absolute atomic E-state index is 6.36. The summed E-state index contributed by atoms with van der Waals surface area (Å²) >= 11 is 6.36. The Bertz CT molecular complexity index is 1970. The lowest BCUT2D eigenvalue weighted by atomic mass is 10.0. The van der Waals surface area contributed by atoms with Crippen LogP contribution in [-0.4, -0.2) is 19.9 Å². The van der Waals surface area contributed by atoms with Crippen molar-refractivity contribution < 1.29 is 0 Å². The van der Waals surface area contributed by atoms with Crippen LogP contribution < -0.4 is 0 Å². The van der Waals surface area contributed by atoms with Gasteiger partial charge < -0.3 is 0 Å². The number of hydrogen-bond acceptors (Lipinski definition) is 4. The van der Waals surface area contributed by atoms with Crippen LogP contribution in [0.1, 0.15) is 0 Å². The molecule has 2 aromatic heterocycles. The highest BCUT2D eigenvalue weighted by molar-refractivity contribution is 6.30. The quantitative estimate of drug-likeness (QED) is 0.199. The second-order valence-electron chi connectivity index (χ2n) is 10.1. The number of aromatic nitrogens is 4. The first-order valence-electron chi connectivity index (χ1n) is 14.0. The Morgan fingerprint density at radius 2 is 0.651 bits per heavy atom. The van der Waals surface area contributed by atoms with E-state index in [4.69, 9.17) is 31.5 Å². The van der Waals surface area contributed by atoms with Crippen molar-refractivity contribution >= 4 is 11.6 Å². The summed E-state index contributed by atoms with van der Waals surface area (Å²) in [5.41, 5.74) is 9.12. The summed E-state index contributed by atoms with van der Waals surface area (Å²) in [7, 11) is 0. The summed E-state index contributed by atoms with van der Waals surface area (Å²) < 4.78 is 0. The largest absolute Gasteiger partial charge is 0.228 e. The zero-order valence-electron chi connectivity index (χ0n) is 23.1. The van der Waals surface area contributed by atoms with Crippen LogP contribution in [0.2, 0.25) is 5.02 Å². The molecule has 204 valence electrons. The molecule has 0 saturated heterocycles. The Balaban J connectivity index is 1.37. The molecule has 0 spiro atoms. The second-order valence-corrected chi connectivity index (χ2v) is 10.5. The first-order chi connectivity index (χ1) is 21.2. The first-order valence-corrected chi connectivity index (χ1v) is 14.4. The van der Waals surface area contributed by atoms with Crippen molar-refractivity contribution in [1.29, 1.82) is 0 Å². The third-order valence-corrected chi connectivity index (χ3v) is 7.40. The molecule has 0 saturated carbocycles. The molecule has 7 rings (SSSR count). The van der Waals surface area contributed by atoms with Gasteiger partial charge in [-0.05, 0) is 30.3 Å². The smallest absolute Gasteiger partial charge is 0.160 e. The highest BCUT2D eigenvalue weighted by Crippen LogP contribution is 2.32. The summed E-state index contributed by atoms with van der Waals surface area (Å²) in [5, 5.41) is 0.660. The van der Waals surface area contributed by atoms with Gasteiger partial charge in [0.05, 0.1) is 22.8 Å². The number of benzene rings is 5. The fraction of sp³-hybridized carbons (Fsp3) is 0. The Hall–Kier alpha value is -5.45. The van der Waals surface area contributed by atoms with Gasteiger partial charge in [0, 0.05) is 38.4 Å². The highest BCUT2D eigenvalue weighted by Gasteiger charge is 2.14. The van der Waals surface area contributed by atoms with Crippen molar-refractivity contribution in [3.63, 3.8) is 0 Å². The SMILES string of the molecule is Clc1cccc(-c2cc(-c3cccc(-c4cc(-c5ccccc5)nc(-c5ccccc5)n4)c3)nc(-c3ccccc3)n2)c1. The fourth-order valence-corrected chi connectivity index (χ4v) is 5.20. The topological polar surface area (TPSA) is 51.6 Å². The van der Waals surface area contributed by atoms with Gasteiger partial charge in [0.25, 0.3) is 0 Å². The number of hydrogen-bond donors (Lipinski definition) is 0. The third-order valence-electron chi connectivity index (χ3n) is 7.16. The maximum atomic E-state index is 6.36. The van der Waals surface area contributed by atoms with E-state index in [-0.39, 0.29) is 0 Å². The van der Waals surface area contributed by atoms with Crippen molar-refractivity contribution in [3.05, 3.63) is 157 Å². The summed E-state index contributed by atoms with van der Waals surface area (Å²) in [5.74, 6) is 1.33. The molecule has 0 amide bonds. The molecule has 0 bridgehead atoms. The maximum Gasteiger partial charge on any atom is 0.160 e. The summed E-state index contributed by atoms with van der Waals surface area (Å²) in [6.07, 6.45) is 0. The van der Waals surface area contributed by atoms with Crippen LogP contribution in [0, 0.1) is 0 Å². The molecule has 0 N–H and O–H groups in total. The van der Waals surface area contributed by atoms with Crippen LogP contribution in [-0.2, 0) is 0 Å². The molecule has 5 heteroatoms. The van der Waals surface area contributed by atoms with Gasteiger partial charge in [-0.15, -0.1) is 0 Å². The summed E-state index contributed by atoms with van der Waals surface area (Å²) in [6.45, 7) is 0. The van der Waals surface area contributed by atoms with Crippen molar-refractivity contribution in [3.8, 4) is 67.8 Å². The Morgan fingerprint density at radius 1 is 0.302 bits per heavy atom. The Kier molecular flexibility index (Phi) is 7.26. The van der Waals surface area contributed by atoms with Gasteiger partial charge in [-0.1, -0.05) is 133 Å².